The Bertz CT molecular complexity index is 571. The summed E-state index contributed by atoms with van der Waals surface area (Å²) in [5.74, 6) is 0. The van der Waals surface area contributed by atoms with Crippen molar-refractivity contribution >= 4 is 38.0 Å². The van der Waals surface area contributed by atoms with E-state index < -0.39 is 10.1 Å². The van der Waals surface area contributed by atoms with Crippen LogP contribution >= 0.6 is 22.9 Å². The molecule has 0 aromatic carbocycles. The van der Waals surface area contributed by atoms with E-state index in [-0.39, 0.29) is 10.2 Å². The van der Waals surface area contributed by atoms with Crippen LogP contribution in [-0.4, -0.2) is 24.9 Å². The SMILES string of the molecule is COS(=O)(=O)c1c(Cl)nc2sccn12. The summed E-state index contributed by atoms with van der Waals surface area (Å²) in [6.45, 7) is 0. The molecule has 0 N–H and O–H groups in total. The molecule has 14 heavy (non-hydrogen) atoms. The van der Waals surface area contributed by atoms with Gasteiger partial charge >= 0.3 is 10.1 Å². The van der Waals surface area contributed by atoms with Crippen molar-refractivity contribution in [3.8, 4) is 0 Å². The van der Waals surface area contributed by atoms with Gasteiger partial charge in [-0.3, -0.25) is 8.58 Å². The molecule has 0 radical (unpaired) electrons. The smallest absolute Gasteiger partial charge is 0.278 e. The fourth-order valence-corrected chi connectivity index (χ4v) is 3.12. The third-order valence-corrected chi connectivity index (χ3v) is 4.07. The molecule has 0 saturated carbocycles. The maximum absolute atomic E-state index is 11.4. The molecule has 2 aromatic heterocycles. The van der Waals surface area contributed by atoms with Gasteiger partial charge in [-0.15, -0.1) is 11.3 Å². The minimum Gasteiger partial charge on any atom is -0.278 e. The van der Waals surface area contributed by atoms with Crippen LogP contribution in [0.2, 0.25) is 5.15 Å². The number of fused-ring (bicyclic) bond motifs is 1. The zero-order valence-electron chi connectivity index (χ0n) is 6.97. The second-order valence-corrected chi connectivity index (χ2v) is 5.24. The number of aromatic nitrogens is 2. The van der Waals surface area contributed by atoms with Gasteiger partial charge in [0.25, 0.3) is 0 Å². The van der Waals surface area contributed by atoms with Gasteiger partial charge in [-0.2, -0.15) is 8.42 Å². The number of hydrogen-bond donors (Lipinski definition) is 0. The maximum atomic E-state index is 11.4. The van der Waals surface area contributed by atoms with E-state index >= 15 is 0 Å². The van der Waals surface area contributed by atoms with Crippen molar-refractivity contribution in [1.82, 2.24) is 9.38 Å². The minimum absolute atomic E-state index is 0.0706. The second-order valence-electron chi connectivity index (χ2n) is 2.38. The van der Waals surface area contributed by atoms with Crippen LogP contribution in [0.3, 0.4) is 0 Å². The molecule has 0 atom stereocenters. The first-order valence-corrected chi connectivity index (χ1v) is 6.14. The summed E-state index contributed by atoms with van der Waals surface area (Å²) in [6.07, 6.45) is 1.57. The van der Waals surface area contributed by atoms with E-state index in [0.29, 0.717) is 4.96 Å². The number of imidazole rings is 1. The van der Waals surface area contributed by atoms with Gasteiger partial charge in [0.05, 0.1) is 7.11 Å². The Morgan fingerprint density at radius 1 is 1.64 bits per heavy atom. The van der Waals surface area contributed by atoms with Crippen LogP contribution in [0.5, 0.6) is 0 Å². The van der Waals surface area contributed by atoms with Crippen molar-refractivity contribution in [2.45, 2.75) is 5.03 Å². The minimum atomic E-state index is -3.81. The van der Waals surface area contributed by atoms with Crippen LogP contribution in [0.25, 0.3) is 4.96 Å². The van der Waals surface area contributed by atoms with Crippen molar-refractivity contribution in [2.24, 2.45) is 0 Å². The average Bonchev–Trinajstić information content (AvgIpc) is 2.62. The van der Waals surface area contributed by atoms with Gasteiger partial charge in [0.15, 0.2) is 10.1 Å². The van der Waals surface area contributed by atoms with Gasteiger partial charge in [-0.05, 0) is 0 Å². The maximum Gasteiger partial charge on any atom is 0.316 e. The van der Waals surface area contributed by atoms with Crippen LogP contribution < -0.4 is 0 Å². The first-order valence-electron chi connectivity index (χ1n) is 3.48. The Hall–Kier alpha value is -0.630. The highest BCUT2D eigenvalue weighted by molar-refractivity contribution is 7.86. The zero-order chi connectivity index (χ0) is 10.3. The lowest BCUT2D eigenvalue weighted by Crippen LogP contribution is -2.06. The highest BCUT2D eigenvalue weighted by Crippen LogP contribution is 2.26. The number of thiazole rings is 1. The van der Waals surface area contributed by atoms with Gasteiger partial charge in [-0.25, -0.2) is 4.98 Å². The lowest BCUT2D eigenvalue weighted by atomic mass is 10.9. The number of nitrogens with zero attached hydrogens (tertiary/aromatic N) is 2. The standard InChI is InChI=1S/C6H5ClN2O3S2/c1-12-14(10,11)5-4(7)8-6-9(5)2-3-13-6/h2-3H,1H3. The molecule has 0 spiro atoms. The zero-order valence-corrected chi connectivity index (χ0v) is 9.36. The molecule has 5 nitrogen and oxygen atoms in total. The quantitative estimate of drug-likeness (QED) is 0.758. The molecular formula is C6H5ClN2O3S2. The average molecular weight is 253 g/mol. The first-order chi connectivity index (χ1) is 6.56. The Balaban J connectivity index is 2.84. The lowest BCUT2D eigenvalue weighted by Gasteiger charge is -1.98. The predicted octanol–water partition coefficient (Wildman–Crippen LogP) is 1.38. The van der Waals surface area contributed by atoms with E-state index in [0.717, 1.165) is 7.11 Å². The van der Waals surface area contributed by atoms with E-state index in [1.807, 2.05) is 0 Å². The van der Waals surface area contributed by atoms with Gasteiger partial charge in [0, 0.05) is 11.6 Å². The fourth-order valence-electron chi connectivity index (χ4n) is 1.04. The predicted molar refractivity (Wildman–Crippen MR) is 52.3 cm³/mol. The monoisotopic (exact) mass is 252 g/mol. The molecule has 0 saturated heterocycles. The summed E-state index contributed by atoms with van der Waals surface area (Å²) in [5, 5.41) is 1.52. The Labute approximate surface area is 89.0 Å². The first kappa shape index (κ1) is 9.91. The van der Waals surface area contributed by atoms with E-state index in [9.17, 15) is 8.42 Å². The van der Waals surface area contributed by atoms with Crippen LogP contribution in [0.4, 0.5) is 0 Å². The van der Waals surface area contributed by atoms with E-state index in [1.54, 1.807) is 11.6 Å². The van der Waals surface area contributed by atoms with Crippen molar-refractivity contribution in [3.05, 3.63) is 16.7 Å². The molecule has 0 amide bonds. The topological polar surface area (TPSA) is 60.7 Å². The van der Waals surface area contributed by atoms with Gasteiger partial charge < -0.3 is 0 Å². The summed E-state index contributed by atoms with van der Waals surface area (Å²) in [5.41, 5.74) is 0. The normalized spacial score (nSPS) is 12.4. The molecule has 0 aliphatic heterocycles. The molecule has 2 heterocycles. The molecular weight excluding hydrogens is 248 g/mol. The lowest BCUT2D eigenvalue weighted by molar-refractivity contribution is 0.394. The van der Waals surface area contributed by atoms with Crippen molar-refractivity contribution in [3.63, 3.8) is 0 Å². The van der Waals surface area contributed by atoms with Crippen LogP contribution in [0.1, 0.15) is 0 Å². The van der Waals surface area contributed by atoms with E-state index in [4.69, 9.17) is 11.6 Å². The summed E-state index contributed by atoms with van der Waals surface area (Å²) < 4.78 is 28.6. The van der Waals surface area contributed by atoms with Crippen molar-refractivity contribution in [1.29, 1.82) is 0 Å². The fraction of sp³-hybridized carbons (Fsp3) is 0.167. The van der Waals surface area contributed by atoms with Gasteiger partial charge in [0.2, 0.25) is 5.03 Å². The summed E-state index contributed by atoms with van der Waals surface area (Å²) in [6, 6.07) is 0. The number of rotatable bonds is 2. The van der Waals surface area contributed by atoms with Crippen LogP contribution in [0.15, 0.2) is 16.6 Å². The number of halogens is 1. The van der Waals surface area contributed by atoms with Gasteiger partial charge in [0.1, 0.15) is 0 Å². The summed E-state index contributed by atoms with van der Waals surface area (Å²) >= 11 is 6.98. The molecule has 2 rings (SSSR count). The Morgan fingerprint density at radius 3 is 3.00 bits per heavy atom. The highest BCUT2D eigenvalue weighted by atomic mass is 35.5. The summed E-state index contributed by atoms with van der Waals surface area (Å²) in [4.78, 5) is 4.39. The molecule has 0 fully saturated rings. The van der Waals surface area contributed by atoms with Crippen molar-refractivity contribution in [2.75, 3.05) is 7.11 Å². The Morgan fingerprint density at radius 2 is 2.36 bits per heavy atom. The van der Waals surface area contributed by atoms with E-state index in [1.165, 1.54) is 15.7 Å². The van der Waals surface area contributed by atoms with Crippen molar-refractivity contribution < 1.29 is 12.6 Å². The third kappa shape index (κ3) is 1.33. The van der Waals surface area contributed by atoms with E-state index in [2.05, 4.69) is 9.17 Å². The second kappa shape index (κ2) is 3.20. The summed E-state index contributed by atoms with van der Waals surface area (Å²) in [7, 11) is -2.73. The highest BCUT2D eigenvalue weighted by Gasteiger charge is 2.24. The third-order valence-electron chi connectivity index (χ3n) is 1.63. The van der Waals surface area contributed by atoms with Crippen LogP contribution in [-0.2, 0) is 14.3 Å². The van der Waals surface area contributed by atoms with Gasteiger partial charge in [-0.1, -0.05) is 11.6 Å². The Kier molecular flexibility index (Phi) is 2.26. The molecule has 0 bridgehead atoms. The number of hydrogen-bond acceptors (Lipinski definition) is 5. The largest absolute Gasteiger partial charge is 0.316 e. The van der Waals surface area contributed by atoms with Crippen LogP contribution in [0, 0.1) is 0 Å². The molecule has 2 aromatic rings. The molecule has 0 aliphatic rings. The molecule has 76 valence electrons. The molecule has 8 heteroatoms. The molecule has 0 unspecified atom stereocenters. The molecule has 0 aliphatic carbocycles.